The van der Waals surface area contributed by atoms with Crippen molar-refractivity contribution in [2.75, 3.05) is 6.54 Å². The molecule has 0 saturated heterocycles. The van der Waals surface area contributed by atoms with Crippen molar-refractivity contribution in [1.29, 1.82) is 0 Å². The van der Waals surface area contributed by atoms with Crippen LogP contribution in [0.3, 0.4) is 0 Å². The van der Waals surface area contributed by atoms with Crippen molar-refractivity contribution in [2.45, 2.75) is 11.9 Å². The lowest BCUT2D eigenvalue weighted by Crippen LogP contribution is -2.40. The van der Waals surface area contributed by atoms with Gasteiger partial charge in [0.25, 0.3) is 0 Å². The summed E-state index contributed by atoms with van der Waals surface area (Å²) in [6, 6.07) is 0. The summed E-state index contributed by atoms with van der Waals surface area (Å²) in [5.74, 6) is 0. The van der Waals surface area contributed by atoms with Crippen molar-refractivity contribution < 1.29 is 0 Å². The number of aliphatic imine (C=N–C) groups is 1. The topological polar surface area (TPSA) is 38.4 Å². The van der Waals surface area contributed by atoms with Crippen LogP contribution in [0.5, 0.6) is 0 Å². The van der Waals surface area contributed by atoms with Crippen LogP contribution in [0.25, 0.3) is 0 Å². The summed E-state index contributed by atoms with van der Waals surface area (Å²) < 4.78 is 0. The summed E-state index contributed by atoms with van der Waals surface area (Å²) in [4.78, 5) is 3.02. The van der Waals surface area contributed by atoms with Crippen LogP contribution in [0, 0.1) is 0 Å². The van der Waals surface area contributed by atoms with E-state index >= 15 is 0 Å². The van der Waals surface area contributed by atoms with Gasteiger partial charge in [0.2, 0.25) is 0 Å². The van der Waals surface area contributed by atoms with E-state index in [0.717, 1.165) is 5.57 Å². The zero-order chi connectivity index (χ0) is 7.78. The van der Waals surface area contributed by atoms with E-state index in [9.17, 15) is 0 Å². The van der Waals surface area contributed by atoms with Crippen LogP contribution in [-0.2, 0) is 0 Å². The van der Waals surface area contributed by atoms with Crippen LogP contribution in [0.4, 0.5) is 0 Å². The molecule has 56 valence electrons. The van der Waals surface area contributed by atoms with Gasteiger partial charge in [-0.3, -0.25) is 4.99 Å². The molecular formula is C6H8Cl2N2. The van der Waals surface area contributed by atoms with Crippen LogP contribution in [0.1, 0.15) is 6.92 Å². The third kappa shape index (κ3) is 1.34. The average molecular weight is 179 g/mol. The summed E-state index contributed by atoms with van der Waals surface area (Å²) in [6.45, 7) is 2.21. The van der Waals surface area contributed by atoms with Crippen LogP contribution in [0.15, 0.2) is 15.6 Å². The minimum absolute atomic E-state index is 0.399. The summed E-state index contributed by atoms with van der Waals surface area (Å²) in [6.07, 6.45) is 1.57. The molecule has 2 N–H and O–H groups in total. The molecule has 0 saturated carbocycles. The number of halogens is 2. The molecule has 1 heterocycles. The largest absolute Gasteiger partial charge is 0.308 e. The first-order valence-corrected chi connectivity index (χ1v) is 3.64. The standard InChI is InChI=1S/C6H8Cl2N2/c1-4-5(7)2-10-3-6(4,8)9/h2H,3,9H2,1H3. The molecule has 1 rings (SSSR count). The minimum Gasteiger partial charge on any atom is -0.308 e. The quantitative estimate of drug-likeness (QED) is 0.443. The maximum atomic E-state index is 5.84. The van der Waals surface area contributed by atoms with Crippen molar-refractivity contribution in [3.63, 3.8) is 0 Å². The van der Waals surface area contributed by atoms with Gasteiger partial charge in [0.1, 0.15) is 5.00 Å². The predicted molar refractivity (Wildman–Crippen MR) is 44.7 cm³/mol. The van der Waals surface area contributed by atoms with Gasteiger partial charge in [0.15, 0.2) is 0 Å². The molecule has 0 aromatic carbocycles. The molecule has 10 heavy (non-hydrogen) atoms. The molecule has 0 fully saturated rings. The monoisotopic (exact) mass is 178 g/mol. The molecule has 0 radical (unpaired) electrons. The van der Waals surface area contributed by atoms with Crippen LogP contribution in [0.2, 0.25) is 0 Å². The highest BCUT2D eigenvalue weighted by molar-refractivity contribution is 6.41. The van der Waals surface area contributed by atoms with Gasteiger partial charge in [0.05, 0.1) is 11.6 Å². The van der Waals surface area contributed by atoms with Gasteiger partial charge in [-0.25, -0.2) is 0 Å². The molecular weight excluding hydrogens is 171 g/mol. The molecule has 1 aliphatic rings. The fraction of sp³-hybridized carbons (Fsp3) is 0.500. The lowest BCUT2D eigenvalue weighted by molar-refractivity contribution is 0.696. The average Bonchev–Trinajstić information content (AvgIpc) is 1.83. The van der Waals surface area contributed by atoms with E-state index in [0.29, 0.717) is 11.6 Å². The Morgan fingerprint density at radius 2 is 2.40 bits per heavy atom. The van der Waals surface area contributed by atoms with E-state index in [2.05, 4.69) is 4.99 Å². The van der Waals surface area contributed by atoms with Gasteiger partial charge in [-0.2, -0.15) is 0 Å². The summed E-state index contributed by atoms with van der Waals surface area (Å²) in [5, 5.41) is 0.545. The summed E-state index contributed by atoms with van der Waals surface area (Å²) in [5.41, 5.74) is 6.40. The van der Waals surface area contributed by atoms with Crippen LogP contribution < -0.4 is 5.73 Å². The summed E-state index contributed by atoms with van der Waals surface area (Å²) in [7, 11) is 0. The van der Waals surface area contributed by atoms with Gasteiger partial charge in [-0.15, -0.1) is 0 Å². The van der Waals surface area contributed by atoms with Crippen molar-refractivity contribution in [3.05, 3.63) is 10.6 Å². The Labute approximate surface area is 69.7 Å². The molecule has 2 nitrogen and oxygen atoms in total. The molecule has 1 unspecified atom stereocenters. The molecule has 0 aromatic heterocycles. The molecule has 4 heteroatoms. The molecule has 0 spiro atoms. The Balaban J connectivity index is 2.99. The molecule has 1 aliphatic heterocycles. The fourth-order valence-corrected chi connectivity index (χ4v) is 1.13. The van der Waals surface area contributed by atoms with E-state index in [-0.39, 0.29) is 0 Å². The van der Waals surface area contributed by atoms with Gasteiger partial charge in [-0.1, -0.05) is 23.2 Å². The van der Waals surface area contributed by atoms with Gasteiger partial charge < -0.3 is 5.73 Å². The van der Waals surface area contributed by atoms with Gasteiger partial charge in [-0.05, 0) is 12.5 Å². The highest BCUT2D eigenvalue weighted by atomic mass is 35.5. The highest BCUT2D eigenvalue weighted by Gasteiger charge is 2.27. The first kappa shape index (κ1) is 8.05. The fourth-order valence-electron chi connectivity index (χ4n) is 0.673. The van der Waals surface area contributed by atoms with Crippen LogP contribution in [-0.4, -0.2) is 17.8 Å². The zero-order valence-electron chi connectivity index (χ0n) is 5.56. The predicted octanol–water partition coefficient (Wildman–Crippen LogP) is 1.48. The van der Waals surface area contributed by atoms with Crippen LogP contribution >= 0.6 is 23.2 Å². The Morgan fingerprint density at radius 3 is 2.80 bits per heavy atom. The van der Waals surface area contributed by atoms with Crippen molar-refractivity contribution in [2.24, 2.45) is 10.7 Å². The summed E-state index contributed by atoms with van der Waals surface area (Å²) >= 11 is 11.6. The highest BCUT2D eigenvalue weighted by Crippen LogP contribution is 2.26. The second-order valence-electron chi connectivity index (χ2n) is 2.31. The Bertz CT molecular complexity index is 206. The smallest absolute Gasteiger partial charge is 0.134 e. The number of alkyl halides is 1. The molecule has 0 bridgehead atoms. The maximum Gasteiger partial charge on any atom is 0.134 e. The van der Waals surface area contributed by atoms with Gasteiger partial charge >= 0.3 is 0 Å². The number of dihydropyridines is 1. The normalized spacial score (nSPS) is 33.2. The number of nitrogens with two attached hydrogens (primary N) is 1. The molecule has 0 aliphatic carbocycles. The first-order chi connectivity index (χ1) is 4.54. The second kappa shape index (κ2) is 2.53. The minimum atomic E-state index is -0.869. The first-order valence-electron chi connectivity index (χ1n) is 2.88. The third-order valence-electron chi connectivity index (χ3n) is 1.51. The van der Waals surface area contributed by atoms with Gasteiger partial charge in [0, 0.05) is 6.21 Å². The SMILES string of the molecule is CC1=C(Cl)C=NCC1(N)Cl. The Hall–Kier alpha value is -0.0500. The Kier molecular flexibility index (Phi) is 2.04. The van der Waals surface area contributed by atoms with Crippen molar-refractivity contribution in [1.82, 2.24) is 0 Å². The number of nitrogens with zero attached hydrogens (tertiary/aromatic N) is 1. The van der Waals surface area contributed by atoms with E-state index in [1.807, 2.05) is 0 Å². The third-order valence-corrected chi connectivity index (χ3v) is 2.29. The molecule has 0 aromatic rings. The van der Waals surface area contributed by atoms with E-state index in [1.165, 1.54) is 0 Å². The maximum absolute atomic E-state index is 5.84. The van der Waals surface area contributed by atoms with Crippen molar-refractivity contribution >= 4 is 29.4 Å². The lowest BCUT2D eigenvalue weighted by Gasteiger charge is -2.24. The Morgan fingerprint density at radius 1 is 1.80 bits per heavy atom. The van der Waals surface area contributed by atoms with E-state index < -0.39 is 5.00 Å². The number of rotatable bonds is 0. The molecule has 0 amide bonds. The number of hydrogen-bond donors (Lipinski definition) is 1. The van der Waals surface area contributed by atoms with E-state index in [1.54, 1.807) is 13.1 Å². The number of allylic oxidation sites excluding steroid dienone is 1. The number of hydrogen-bond acceptors (Lipinski definition) is 2. The van der Waals surface area contributed by atoms with E-state index in [4.69, 9.17) is 28.9 Å². The lowest BCUT2D eigenvalue weighted by atomic mass is 10.1. The second-order valence-corrected chi connectivity index (χ2v) is 3.39. The zero-order valence-corrected chi connectivity index (χ0v) is 7.08. The van der Waals surface area contributed by atoms with Crippen molar-refractivity contribution in [3.8, 4) is 0 Å². The molecule has 1 atom stereocenters.